The number of amides is 1. The molecule has 3 aromatic rings. The number of pyridine rings is 1. The van der Waals surface area contributed by atoms with E-state index in [1.165, 1.54) is 6.20 Å². The Morgan fingerprint density at radius 1 is 0.963 bits per heavy atom. The third-order valence-electron chi connectivity index (χ3n) is 4.08. The van der Waals surface area contributed by atoms with Crippen molar-refractivity contribution < 1.29 is 14.3 Å². The Labute approximate surface area is 158 Å². The van der Waals surface area contributed by atoms with Crippen molar-refractivity contribution in [3.05, 3.63) is 72.1 Å². The molecule has 0 spiro atoms. The van der Waals surface area contributed by atoms with Crippen LogP contribution in [0, 0.1) is 6.92 Å². The van der Waals surface area contributed by atoms with Gasteiger partial charge in [-0.3, -0.25) is 9.78 Å². The number of nitrogens with zero attached hydrogens (tertiary/aromatic N) is 1. The first kappa shape index (κ1) is 18.3. The van der Waals surface area contributed by atoms with E-state index >= 15 is 0 Å². The maximum Gasteiger partial charge on any atom is 0.257 e. The number of hydrogen-bond acceptors (Lipinski definition) is 5. The lowest BCUT2D eigenvalue weighted by Gasteiger charge is -2.13. The van der Waals surface area contributed by atoms with Gasteiger partial charge < -0.3 is 20.1 Å². The Bertz CT molecular complexity index is 957. The minimum absolute atomic E-state index is 0.220. The van der Waals surface area contributed by atoms with Crippen LogP contribution >= 0.6 is 0 Å². The van der Waals surface area contributed by atoms with E-state index in [1.807, 2.05) is 43.3 Å². The number of nitrogens with one attached hydrogen (secondary N) is 2. The van der Waals surface area contributed by atoms with Crippen LogP contribution in [0.4, 0.5) is 17.1 Å². The quantitative estimate of drug-likeness (QED) is 0.679. The van der Waals surface area contributed by atoms with Crippen LogP contribution in [0.1, 0.15) is 15.9 Å². The summed E-state index contributed by atoms with van der Waals surface area (Å²) in [6.45, 7) is 1.95. The van der Waals surface area contributed by atoms with E-state index < -0.39 is 0 Å². The molecule has 0 fully saturated rings. The normalized spacial score (nSPS) is 10.2. The van der Waals surface area contributed by atoms with Crippen molar-refractivity contribution in [1.82, 2.24) is 4.98 Å². The summed E-state index contributed by atoms with van der Waals surface area (Å²) in [5.74, 6) is 1.10. The van der Waals surface area contributed by atoms with Gasteiger partial charge in [0.15, 0.2) is 0 Å². The highest BCUT2D eigenvalue weighted by Crippen LogP contribution is 2.31. The van der Waals surface area contributed by atoms with Crippen LogP contribution in [-0.2, 0) is 0 Å². The van der Waals surface area contributed by atoms with Gasteiger partial charge in [-0.15, -0.1) is 0 Å². The van der Waals surface area contributed by atoms with Crippen LogP contribution in [0.5, 0.6) is 11.5 Å². The number of aryl methyl sites for hydroxylation is 1. The van der Waals surface area contributed by atoms with E-state index in [4.69, 9.17) is 9.47 Å². The molecular weight excluding hydrogens is 342 g/mol. The van der Waals surface area contributed by atoms with E-state index in [-0.39, 0.29) is 5.91 Å². The number of carbonyl (C=O) groups excluding carboxylic acids is 1. The van der Waals surface area contributed by atoms with Gasteiger partial charge in [0.1, 0.15) is 11.5 Å². The fraction of sp³-hybridized carbons (Fsp3) is 0.143. The van der Waals surface area contributed by atoms with Gasteiger partial charge in [-0.2, -0.15) is 0 Å². The average Bonchev–Trinajstić information content (AvgIpc) is 2.70. The first-order valence-electron chi connectivity index (χ1n) is 8.42. The number of hydrogen-bond donors (Lipinski definition) is 2. The number of carbonyl (C=O) groups is 1. The highest BCUT2D eigenvalue weighted by atomic mass is 16.5. The first-order valence-corrected chi connectivity index (χ1v) is 8.42. The molecule has 27 heavy (non-hydrogen) atoms. The number of methoxy groups -OCH3 is 2. The molecule has 2 N–H and O–H groups in total. The summed E-state index contributed by atoms with van der Waals surface area (Å²) in [7, 11) is 3.19. The molecular formula is C21H21N3O3. The van der Waals surface area contributed by atoms with Crippen LogP contribution < -0.4 is 20.1 Å². The minimum Gasteiger partial charge on any atom is -0.497 e. The standard InChI is InChI=1S/C21H21N3O3/c1-14-6-4-5-7-18(14)24-21(25)15-10-16(13-22-12-15)23-19-9-8-17(26-2)11-20(19)27-3/h4-13,23H,1-3H3,(H,24,25). The van der Waals surface area contributed by atoms with Crippen LogP contribution in [0.3, 0.4) is 0 Å². The molecule has 0 aliphatic heterocycles. The summed E-state index contributed by atoms with van der Waals surface area (Å²) in [6.07, 6.45) is 3.18. The third kappa shape index (κ3) is 4.36. The molecule has 1 heterocycles. The predicted molar refractivity (Wildman–Crippen MR) is 106 cm³/mol. The highest BCUT2D eigenvalue weighted by Gasteiger charge is 2.10. The summed E-state index contributed by atoms with van der Waals surface area (Å²) in [4.78, 5) is 16.7. The van der Waals surface area contributed by atoms with E-state index in [0.717, 1.165) is 16.9 Å². The molecule has 0 bridgehead atoms. The maximum absolute atomic E-state index is 12.6. The third-order valence-corrected chi connectivity index (χ3v) is 4.08. The zero-order valence-electron chi connectivity index (χ0n) is 15.4. The molecule has 0 saturated carbocycles. The number of aromatic nitrogens is 1. The Balaban J connectivity index is 1.80. The first-order chi connectivity index (χ1) is 13.1. The molecule has 0 radical (unpaired) electrons. The van der Waals surface area contributed by atoms with Gasteiger partial charge in [-0.05, 0) is 36.8 Å². The molecule has 6 heteroatoms. The molecule has 1 aromatic heterocycles. The van der Waals surface area contributed by atoms with Crippen molar-refractivity contribution in [1.29, 1.82) is 0 Å². The molecule has 0 unspecified atom stereocenters. The molecule has 1 amide bonds. The topological polar surface area (TPSA) is 72.5 Å². The van der Waals surface area contributed by atoms with Gasteiger partial charge in [0.25, 0.3) is 5.91 Å². The largest absolute Gasteiger partial charge is 0.497 e. The molecule has 2 aromatic carbocycles. The van der Waals surface area contributed by atoms with Gasteiger partial charge >= 0.3 is 0 Å². The molecule has 6 nitrogen and oxygen atoms in total. The average molecular weight is 363 g/mol. The molecule has 0 atom stereocenters. The SMILES string of the molecule is COc1ccc(Nc2cncc(C(=O)Nc3ccccc3C)c2)c(OC)c1. The Morgan fingerprint density at radius 2 is 1.78 bits per heavy atom. The lowest BCUT2D eigenvalue weighted by atomic mass is 10.2. The van der Waals surface area contributed by atoms with E-state index in [2.05, 4.69) is 15.6 Å². The highest BCUT2D eigenvalue weighted by molar-refractivity contribution is 6.05. The van der Waals surface area contributed by atoms with Crippen molar-refractivity contribution in [3.8, 4) is 11.5 Å². The van der Waals surface area contributed by atoms with Crippen LogP contribution in [-0.4, -0.2) is 25.1 Å². The Morgan fingerprint density at radius 3 is 2.52 bits per heavy atom. The van der Waals surface area contributed by atoms with E-state index in [9.17, 15) is 4.79 Å². The molecule has 3 rings (SSSR count). The Hall–Kier alpha value is -3.54. The predicted octanol–water partition coefficient (Wildman–Crippen LogP) is 4.40. The van der Waals surface area contributed by atoms with Crippen LogP contribution in [0.25, 0.3) is 0 Å². The van der Waals surface area contributed by atoms with E-state index in [1.54, 1.807) is 32.5 Å². The summed E-state index contributed by atoms with van der Waals surface area (Å²) in [5, 5.41) is 6.13. The number of rotatable bonds is 6. The zero-order valence-corrected chi connectivity index (χ0v) is 15.4. The smallest absolute Gasteiger partial charge is 0.257 e. The Kier molecular flexibility index (Phi) is 5.56. The van der Waals surface area contributed by atoms with Gasteiger partial charge in [0.05, 0.1) is 37.4 Å². The number of anilines is 3. The van der Waals surface area contributed by atoms with Crippen molar-refractivity contribution in [2.75, 3.05) is 24.9 Å². The second-order valence-corrected chi connectivity index (χ2v) is 5.92. The summed E-state index contributed by atoms with van der Waals surface area (Å²) in [5.41, 5.74) is 3.65. The zero-order chi connectivity index (χ0) is 19.2. The number of benzene rings is 2. The minimum atomic E-state index is -0.220. The second-order valence-electron chi connectivity index (χ2n) is 5.92. The second kappa shape index (κ2) is 8.23. The van der Waals surface area contributed by atoms with Gasteiger partial charge in [-0.1, -0.05) is 18.2 Å². The number of para-hydroxylation sites is 1. The fourth-order valence-electron chi connectivity index (χ4n) is 2.60. The van der Waals surface area contributed by atoms with Crippen molar-refractivity contribution >= 4 is 23.0 Å². The number of ether oxygens (including phenoxy) is 2. The lowest BCUT2D eigenvalue weighted by Crippen LogP contribution is -2.13. The molecule has 0 aliphatic carbocycles. The summed E-state index contributed by atoms with van der Waals surface area (Å²) < 4.78 is 10.6. The molecule has 0 saturated heterocycles. The van der Waals surface area contributed by atoms with Gasteiger partial charge in [-0.25, -0.2) is 0 Å². The summed E-state index contributed by atoms with van der Waals surface area (Å²) >= 11 is 0. The summed E-state index contributed by atoms with van der Waals surface area (Å²) in [6, 6.07) is 14.8. The maximum atomic E-state index is 12.6. The molecule has 0 aliphatic rings. The lowest BCUT2D eigenvalue weighted by molar-refractivity contribution is 0.102. The van der Waals surface area contributed by atoms with Crippen molar-refractivity contribution in [2.24, 2.45) is 0 Å². The monoisotopic (exact) mass is 363 g/mol. The van der Waals surface area contributed by atoms with Gasteiger partial charge in [0, 0.05) is 18.0 Å². The van der Waals surface area contributed by atoms with Crippen LogP contribution in [0.15, 0.2) is 60.9 Å². The van der Waals surface area contributed by atoms with Gasteiger partial charge in [0.2, 0.25) is 0 Å². The van der Waals surface area contributed by atoms with Crippen molar-refractivity contribution in [2.45, 2.75) is 6.92 Å². The van der Waals surface area contributed by atoms with Crippen LogP contribution in [0.2, 0.25) is 0 Å². The van der Waals surface area contributed by atoms with E-state index in [0.29, 0.717) is 22.7 Å². The molecule has 138 valence electrons. The van der Waals surface area contributed by atoms with Crippen molar-refractivity contribution in [3.63, 3.8) is 0 Å². The fourth-order valence-corrected chi connectivity index (χ4v) is 2.60.